The van der Waals surface area contributed by atoms with Crippen molar-refractivity contribution in [3.8, 4) is 5.88 Å². The van der Waals surface area contributed by atoms with Gasteiger partial charge in [-0.15, -0.1) is 0 Å². The quantitative estimate of drug-likeness (QED) is 0.794. The van der Waals surface area contributed by atoms with Gasteiger partial charge in [0.1, 0.15) is 0 Å². The van der Waals surface area contributed by atoms with Crippen LogP contribution in [0.15, 0.2) is 12.3 Å². The summed E-state index contributed by atoms with van der Waals surface area (Å²) in [6.07, 6.45) is 4.92. The van der Waals surface area contributed by atoms with Crippen molar-refractivity contribution >= 4 is 17.7 Å². The summed E-state index contributed by atoms with van der Waals surface area (Å²) in [5.74, 6) is 2.40. The third kappa shape index (κ3) is 4.70. The van der Waals surface area contributed by atoms with Gasteiger partial charge in [0.15, 0.2) is 0 Å². The van der Waals surface area contributed by atoms with Gasteiger partial charge in [-0.2, -0.15) is 16.7 Å². The second-order valence-electron chi connectivity index (χ2n) is 3.48. The zero-order valence-corrected chi connectivity index (χ0v) is 10.9. The predicted octanol–water partition coefficient (Wildman–Crippen LogP) is 2.43. The number of aromatic nitrogens is 2. The Labute approximate surface area is 101 Å². The van der Waals surface area contributed by atoms with Crippen molar-refractivity contribution in [2.24, 2.45) is 0 Å². The van der Waals surface area contributed by atoms with Crippen molar-refractivity contribution in [3.63, 3.8) is 0 Å². The number of rotatable bonds is 7. The molecule has 0 fully saturated rings. The maximum absolute atomic E-state index is 5.31. The van der Waals surface area contributed by atoms with Gasteiger partial charge in [-0.05, 0) is 32.3 Å². The molecule has 1 aromatic heterocycles. The standard InChI is InChI=1S/C11H19N3OS/c1-4-15-10-5-7-12-11(14-10)13-9(2)6-8-16-3/h5,7,9H,4,6,8H2,1-3H3,(H,12,13,14). The van der Waals surface area contributed by atoms with E-state index in [-0.39, 0.29) is 0 Å². The fourth-order valence-corrected chi connectivity index (χ4v) is 1.82. The van der Waals surface area contributed by atoms with Gasteiger partial charge >= 0.3 is 0 Å². The fourth-order valence-electron chi connectivity index (χ4n) is 1.23. The molecular weight excluding hydrogens is 222 g/mol. The highest BCUT2D eigenvalue weighted by atomic mass is 32.2. The van der Waals surface area contributed by atoms with Gasteiger partial charge in [0, 0.05) is 18.3 Å². The van der Waals surface area contributed by atoms with Crippen LogP contribution in [0, 0.1) is 0 Å². The molecule has 0 saturated carbocycles. The van der Waals surface area contributed by atoms with Gasteiger partial charge in [0.05, 0.1) is 6.61 Å². The Morgan fingerprint density at radius 1 is 1.56 bits per heavy atom. The molecule has 0 aliphatic heterocycles. The summed E-state index contributed by atoms with van der Waals surface area (Å²) >= 11 is 1.85. The molecule has 0 aliphatic rings. The van der Waals surface area contributed by atoms with Crippen LogP contribution in [0.1, 0.15) is 20.3 Å². The molecule has 0 spiro atoms. The highest BCUT2D eigenvalue weighted by molar-refractivity contribution is 7.98. The Kier molecular flexibility index (Phi) is 6.00. The molecule has 0 saturated heterocycles. The van der Waals surface area contributed by atoms with Crippen LogP contribution in [0.2, 0.25) is 0 Å². The second kappa shape index (κ2) is 7.33. The summed E-state index contributed by atoms with van der Waals surface area (Å²) in [5.41, 5.74) is 0. The summed E-state index contributed by atoms with van der Waals surface area (Å²) in [4.78, 5) is 8.42. The van der Waals surface area contributed by atoms with E-state index in [0.29, 0.717) is 24.5 Å². The van der Waals surface area contributed by atoms with Gasteiger partial charge in [-0.3, -0.25) is 0 Å². The molecule has 16 heavy (non-hydrogen) atoms. The lowest BCUT2D eigenvalue weighted by Gasteiger charge is -2.13. The molecule has 1 atom stereocenters. The Morgan fingerprint density at radius 3 is 3.06 bits per heavy atom. The normalized spacial score (nSPS) is 12.2. The summed E-state index contributed by atoms with van der Waals surface area (Å²) < 4.78 is 5.31. The number of ether oxygens (including phenoxy) is 1. The maximum atomic E-state index is 5.31. The Hall–Kier alpha value is -0.970. The van der Waals surface area contributed by atoms with Crippen LogP contribution in [-0.4, -0.2) is 34.6 Å². The monoisotopic (exact) mass is 241 g/mol. The van der Waals surface area contributed by atoms with Crippen molar-refractivity contribution in [3.05, 3.63) is 12.3 Å². The van der Waals surface area contributed by atoms with Crippen LogP contribution < -0.4 is 10.1 Å². The molecule has 0 aliphatic carbocycles. The van der Waals surface area contributed by atoms with E-state index in [1.807, 2.05) is 18.7 Å². The van der Waals surface area contributed by atoms with Crippen molar-refractivity contribution in [2.75, 3.05) is 23.9 Å². The van der Waals surface area contributed by atoms with E-state index in [9.17, 15) is 0 Å². The lowest BCUT2D eigenvalue weighted by atomic mass is 10.3. The molecule has 1 unspecified atom stereocenters. The smallest absolute Gasteiger partial charge is 0.226 e. The van der Waals surface area contributed by atoms with Crippen LogP contribution in [0.5, 0.6) is 5.88 Å². The number of thioether (sulfide) groups is 1. The van der Waals surface area contributed by atoms with Gasteiger partial charge in [-0.1, -0.05) is 0 Å². The number of nitrogens with zero attached hydrogens (tertiary/aromatic N) is 2. The predicted molar refractivity (Wildman–Crippen MR) is 69.3 cm³/mol. The van der Waals surface area contributed by atoms with Crippen molar-refractivity contribution in [1.29, 1.82) is 0 Å². The lowest BCUT2D eigenvalue weighted by molar-refractivity contribution is 0.326. The molecule has 0 amide bonds. The minimum Gasteiger partial charge on any atom is -0.478 e. The average Bonchev–Trinajstić information content (AvgIpc) is 2.27. The van der Waals surface area contributed by atoms with E-state index in [1.54, 1.807) is 12.3 Å². The minimum absolute atomic E-state index is 0.379. The van der Waals surface area contributed by atoms with Crippen molar-refractivity contribution in [2.45, 2.75) is 26.3 Å². The van der Waals surface area contributed by atoms with E-state index in [1.165, 1.54) is 0 Å². The van der Waals surface area contributed by atoms with Crippen LogP contribution in [-0.2, 0) is 0 Å². The summed E-state index contributed by atoms with van der Waals surface area (Å²) in [6.45, 7) is 4.70. The molecule has 90 valence electrons. The van der Waals surface area contributed by atoms with E-state index in [4.69, 9.17) is 4.74 Å². The molecular formula is C11H19N3OS. The summed E-state index contributed by atoms with van der Waals surface area (Å²) in [6, 6.07) is 2.14. The third-order valence-electron chi connectivity index (χ3n) is 2.05. The Bertz CT molecular complexity index is 309. The van der Waals surface area contributed by atoms with E-state index >= 15 is 0 Å². The number of hydrogen-bond donors (Lipinski definition) is 1. The number of nitrogens with one attached hydrogen (secondary N) is 1. The van der Waals surface area contributed by atoms with Crippen molar-refractivity contribution in [1.82, 2.24) is 9.97 Å². The van der Waals surface area contributed by atoms with E-state index in [2.05, 4.69) is 28.5 Å². The van der Waals surface area contributed by atoms with Gasteiger partial charge < -0.3 is 10.1 Å². The molecule has 0 aromatic carbocycles. The maximum Gasteiger partial charge on any atom is 0.226 e. The first-order valence-electron chi connectivity index (χ1n) is 5.47. The van der Waals surface area contributed by atoms with Gasteiger partial charge in [-0.25, -0.2) is 4.98 Å². The highest BCUT2D eigenvalue weighted by Gasteiger charge is 2.04. The van der Waals surface area contributed by atoms with Crippen LogP contribution in [0.25, 0.3) is 0 Å². The number of hydrogen-bond acceptors (Lipinski definition) is 5. The molecule has 0 bridgehead atoms. The fraction of sp³-hybridized carbons (Fsp3) is 0.636. The molecule has 1 aromatic rings. The van der Waals surface area contributed by atoms with Crippen LogP contribution in [0.4, 0.5) is 5.95 Å². The van der Waals surface area contributed by atoms with E-state index < -0.39 is 0 Å². The highest BCUT2D eigenvalue weighted by Crippen LogP contribution is 2.10. The topological polar surface area (TPSA) is 47.0 Å². The first-order chi connectivity index (χ1) is 7.76. The molecule has 1 N–H and O–H groups in total. The SMILES string of the molecule is CCOc1ccnc(NC(C)CCSC)n1. The zero-order chi connectivity index (χ0) is 11.8. The van der Waals surface area contributed by atoms with Crippen LogP contribution >= 0.6 is 11.8 Å². The Morgan fingerprint density at radius 2 is 2.38 bits per heavy atom. The average molecular weight is 241 g/mol. The zero-order valence-electron chi connectivity index (χ0n) is 10.1. The molecule has 1 rings (SSSR count). The van der Waals surface area contributed by atoms with Crippen molar-refractivity contribution < 1.29 is 4.74 Å². The summed E-state index contributed by atoms with van der Waals surface area (Å²) in [5, 5.41) is 3.26. The Balaban J connectivity index is 2.49. The first-order valence-corrected chi connectivity index (χ1v) is 6.87. The molecule has 0 radical (unpaired) electrons. The minimum atomic E-state index is 0.379. The van der Waals surface area contributed by atoms with E-state index in [0.717, 1.165) is 12.2 Å². The number of anilines is 1. The molecule has 4 nitrogen and oxygen atoms in total. The molecule has 1 heterocycles. The molecule has 5 heteroatoms. The summed E-state index contributed by atoms with van der Waals surface area (Å²) in [7, 11) is 0. The van der Waals surface area contributed by atoms with Gasteiger partial charge in [0.2, 0.25) is 11.8 Å². The largest absolute Gasteiger partial charge is 0.478 e. The van der Waals surface area contributed by atoms with Gasteiger partial charge in [0.25, 0.3) is 0 Å². The lowest BCUT2D eigenvalue weighted by Crippen LogP contribution is -2.17. The van der Waals surface area contributed by atoms with Crippen LogP contribution in [0.3, 0.4) is 0 Å². The first kappa shape index (κ1) is 13.1. The second-order valence-corrected chi connectivity index (χ2v) is 4.46. The third-order valence-corrected chi connectivity index (χ3v) is 2.70.